The minimum atomic E-state index is -0.664. The normalized spacial score (nSPS) is 16.5. The fourth-order valence-corrected chi connectivity index (χ4v) is 5.55. The van der Waals surface area contributed by atoms with Crippen molar-refractivity contribution < 1.29 is 9.13 Å². The maximum atomic E-state index is 13.7. The third-order valence-corrected chi connectivity index (χ3v) is 7.37. The molecule has 1 aromatic heterocycles. The Morgan fingerprint density at radius 3 is 2.68 bits per heavy atom. The standard InChI is InChI=1S/C32H30FN3O/c1-2-17-36(18-5-7-25-22-35-31-9-4-3-8-29(25)31)19-6-16-32(27-11-13-28(33)14-12-27)30-15-10-24(21-34)20-26(30)23-37-32/h1,3-4,8-15,20,22,35H,5-7,16-19,23H2. The molecule has 4 aromatic rings. The van der Waals surface area contributed by atoms with E-state index in [1.165, 1.54) is 28.6 Å². The topological polar surface area (TPSA) is 52.0 Å². The minimum absolute atomic E-state index is 0.271. The lowest BCUT2D eigenvalue weighted by Crippen LogP contribution is -2.31. The van der Waals surface area contributed by atoms with Crippen molar-refractivity contribution in [1.29, 1.82) is 5.26 Å². The van der Waals surface area contributed by atoms with Gasteiger partial charge in [-0.15, -0.1) is 6.42 Å². The van der Waals surface area contributed by atoms with Crippen LogP contribution in [0.3, 0.4) is 0 Å². The van der Waals surface area contributed by atoms with Gasteiger partial charge in [-0.25, -0.2) is 4.39 Å². The van der Waals surface area contributed by atoms with Crippen LogP contribution >= 0.6 is 0 Å². The van der Waals surface area contributed by atoms with Crippen molar-refractivity contribution in [2.75, 3.05) is 19.6 Å². The number of aromatic amines is 1. The average molecular weight is 492 g/mol. The fourth-order valence-electron chi connectivity index (χ4n) is 5.55. The summed E-state index contributed by atoms with van der Waals surface area (Å²) in [5, 5.41) is 10.6. The number of hydrogen-bond donors (Lipinski definition) is 1. The number of aryl methyl sites for hydroxylation is 1. The molecule has 0 spiro atoms. The smallest absolute Gasteiger partial charge is 0.123 e. The van der Waals surface area contributed by atoms with Crippen LogP contribution in [0.5, 0.6) is 0 Å². The second-order valence-electron chi connectivity index (χ2n) is 9.65. The van der Waals surface area contributed by atoms with E-state index in [0.29, 0.717) is 18.7 Å². The molecule has 5 rings (SSSR count). The summed E-state index contributed by atoms with van der Waals surface area (Å²) in [5.41, 5.74) is 5.46. The van der Waals surface area contributed by atoms with Crippen molar-refractivity contribution in [3.8, 4) is 18.4 Å². The van der Waals surface area contributed by atoms with Gasteiger partial charge in [0.1, 0.15) is 11.4 Å². The first-order valence-electron chi connectivity index (χ1n) is 12.8. The molecule has 2 heterocycles. The number of fused-ring (bicyclic) bond motifs is 2. The first kappa shape index (κ1) is 24.8. The number of aromatic nitrogens is 1. The summed E-state index contributed by atoms with van der Waals surface area (Å²) < 4.78 is 20.2. The molecule has 1 N–H and O–H groups in total. The molecule has 0 bridgehead atoms. The zero-order valence-corrected chi connectivity index (χ0v) is 20.8. The first-order chi connectivity index (χ1) is 18.1. The minimum Gasteiger partial charge on any atom is -0.361 e. The SMILES string of the molecule is C#CCN(CCCc1c[nH]c2ccccc12)CCCC1(c2ccc(F)cc2)OCc2cc(C#N)ccc21. The lowest BCUT2D eigenvalue weighted by Gasteiger charge is -2.31. The Morgan fingerprint density at radius 2 is 1.86 bits per heavy atom. The highest BCUT2D eigenvalue weighted by atomic mass is 19.1. The van der Waals surface area contributed by atoms with E-state index in [1.807, 2.05) is 36.4 Å². The zero-order valence-electron chi connectivity index (χ0n) is 20.8. The second kappa shape index (κ2) is 11.0. The van der Waals surface area contributed by atoms with E-state index in [2.05, 4.69) is 46.3 Å². The van der Waals surface area contributed by atoms with Gasteiger partial charge in [0.2, 0.25) is 0 Å². The molecule has 3 aromatic carbocycles. The highest BCUT2D eigenvalue weighted by Gasteiger charge is 2.41. The number of nitrogens with one attached hydrogen (secondary N) is 1. The number of terminal acetylenes is 1. The number of H-pyrrole nitrogens is 1. The number of rotatable bonds is 10. The molecule has 4 nitrogen and oxygen atoms in total. The van der Waals surface area contributed by atoms with Gasteiger partial charge in [-0.05, 0) is 91.4 Å². The predicted octanol–water partition coefficient (Wildman–Crippen LogP) is 6.30. The third kappa shape index (κ3) is 5.16. The van der Waals surface area contributed by atoms with Crippen LogP contribution in [0.2, 0.25) is 0 Å². The Kier molecular flexibility index (Phi) is 7.37. The van der Waals surface area contributed by atoms with Crippen molar-refractivity contribution in [2.24, 2.45) is 0 Å². The molecule has 0 radical (unpaired) electrons. The molecule has 1 aliphatic heterocycles. The van der Waals surface area contributed by atoms with Crippen LogP contribution in [0.15, 0.2) is 72.9 Å². The summed E-state index contributed by atoms with van der Waals surface area (Å²) in [6.45, 7) is 2.79. The molecule has 0 saturated carbocycles. The van der Waals surface area contributed by atoms with Crippen molar-refractivity contribution in [1.82, 2.24) is 9.88 Å². The summed E-state index contributed by atoms with van der Waals surface area (Å²) in [6, 6.07) is 22.9. The molecule has 186 valence electrons. The van der Waals surface area contributed by atoms with Crippen LogP contribution in [0.1, 0.15) is 47.1 Å². The van der Waals surface area contributed by atoms with E-state index >= 15 is 0 Å². The van der Waals surface area contributed by atoms with Crippen molar-refractivity contribution in [3.63, 3.8) is 0 Å². The number of ether oxygens (including phenoxy) is 1. The summed E-state index contributed by atoms with van der Waals surface area (Å²) in [6.07, 6.45) is 11.4. The van der Waals surface area contributed by atoms with Crippen LogP contribution in [0.25, 0.3) is 10.9 Å². The van der Waals surface area contributed by atoms with E-state index < -0.39 is 5.60 Å². The van der Waals surface area contributed by atoms with Crippen LogP contribution in [-0.4, -0.2) is 29.5 Å². The van der Waals surface area contributed by atoms with Crippen molar-refractivity contribution in [3.05, 3.63) is 107 Å². The molecular weight excluding hydrogens is 461 g/mol. The van der Waals surface area contributed by atoms with E-state index in [1.54, 1.807) is 0 Å². The zero-order chi connectivity index (χ0) is 25.7. The summed E-state index contributed by atoms with van der Waals surface area (Å²) in [5.74, 6) is 2.54. The molecule has 0 saturated heterocycles. The highest BCUT2D eigenvalue weighted by Crippen LogP contribution is 2.45. The molecule has 5 heteroatoms. The number of nitriles is 1. The molecule has 1 atom stereocenters. The van der Waals surface area contributed by atoms with Crippen LogP contribution in [0.4, 0.5) is 4.39 Å². The lowest BCUT2D eigenvalue weighted by molar-refractivity contribution is -0.0144. The molecule has 1 unspecified atom stereocenters. The van der Waals surface area contributed by atoms with Gasteiger partial charge < -0.3 is 9.72 Å². The van der Waals surface area contributed by atoms with Gasteiger partial charge in [0.25, 0.3) is 0 Å². The van der Waals surface area contributed by atoms with Crippen LogP contribution in [0, 0.1) is 29.5 Å². The Labute approximate surface area is 217 Å². The van der Waals surface area contributed by atoms with Gasteiger partial charge >= 0.3 is 0 Å². The number of halogens is 1. The quantitative estimate of drug-likeness (QED) is 0.265. The van der Waals surface area contributed by atoms with E-state index in [9.17, 15) is 9.65 Å². The lowest BCUT2D eigenvalue weighted by atomic mass is 9.81. The van der Waals surface area contributed by atoms with E-state index in [-0.39, 0.29) is 5.82 Å². The first-order valence-corrected chi connectivity index (χ1v) is 12.8. The molecule has 1 aliphatic rings. The van der Waals surface area contributed by atoms with E-state index in [4.69, 9.17) is 11.2 Å². The summed E-state index contributed by atoms with van der Waals surface area (Å²) in [7, 11) is 0. The predicted molar refractivity (Wildman–Crippen MR) is 144 cm³/mol. The van der Waals surface area contributed by atoms with Crippen molar-refractivity contribution in [2.45, 2.75) is 37.9 Å². The Hall–Kier alpha value is -3.90. The van der Waals surface area contributed by atoms with E-state index in [0.717, 1.165) is 55.5 Å². The average Bonchev–Trinajstić information content (AvgIpc) is 3.51. The number of benzene rings is 3. The number of hydrogen-bond acceptors (Lipinski definition) is 3. The fraction of sp³-hybridized carbons (Fsp3) is 0.281. The Balaban J connectivity index is 1.27. The maximum absolute atomic E-state index is 13.7. The van der Waals surface area contributed by atoms with Crippen LogP contribution < -0.4 is 0 Å². The number of para-hydroxylation sites is 1. The largest absolute Gasteiger partial charge is 0.361 e. The summed E-state index contributed by atoms with van der Waals surface area (Å²) >= 11 is 0. The van der Waals surface area contributed by atoms with Gasteiger partial charge in [0.15, 0.2) is 0 Å². The third-order valence-electron chi connectivity index (χ3n) is 7.37. The molecule has 37 heavy (non-hydrogen) atoms. The maximum Gasteiger partial charge on any atom is 0.123 e. The monoisotopic (exact) mass is 491 g/mol. The van der Waals surface area contributed by atoms with Gasteiger partial charge in [0, 0.05) is 17.1 Å². The van der Waals surface area contributed by atoms with Crippen molar-refractivity contribution >= 4 is 10.9 Å². The molecule has 0 aliphatic carbocycles. The molecular formula is C32H30FN3O. The second-order valence-corrected chi connectivity index (χ2v) is 9.65. The van der Waals surface area contributed by atoms with Gasteiger partial charge in [0.05, 0.1) is 24.8 Å². The van der Waals surface area contributed by atoms with Crippen LogP contribution in [-0.2, 0) is 23.4 Å². The van der Waals surface area contributed by atoms with Gasteiger partial charge in [-0.3, -0.25) is 4.90 Å². The Morgan fingerprint density at radius 1 is 1.05 bits per heavy atom. The molecule has 0 amide bonds. The van der Waals surface area contributed by atoms with Gasteiger partial charge in [-0.1, -0.05) is 42.3 Å². The molecule has 0 fully saturated rings. The Bertz CT molecular complexity index is 1460. The number of nitrogens with zero attached hydrogens (tertiary/aromatic N) is 2. The highest BCUT2D eigenvalue weighted by molar-refractivity contribution is 5.83. The summed E-state index contributed by atoms with van der Waals surface area (Å²) in [4.78, 5) is 5.68. The van der Waals surface area contributed by atoms with Gasteiger partial charge in [-0.2, -0.15) is 5.26 Å².